The Kier molecular flexibility index (Phi) is 9.71. The van der Waals surface area contributed by atoms with Crippen LogP contribution in [0.3, 0.4) is 0 Å². The van der Waals surface area contributed by atoms with Crippen molar-refractivity contribution in [1.29, 1.82) is 0 Å². The molecular weight excluding hydrogens is 458 g/mol. The molecule has 1 aromatic heterocycles. The first-order chi connectivity index (χ1) is 16.1. The normalized spacial score (nSPS) is 16.7. The monoisotopic (exact) mass is 491 g/mol. The molecule has 2 fully saturated rings. The lowest BCUT2D eigenvalue weighted by atomic mass is 10.1. The van der Waals surface area contributed by atoms with Crippen LogP contribution in [0.15, 0.2) is 28.8 Å². The van der Waals surface area contributed by atoms with Gasteiger partial charge in [-0.3, -0.25) is 14.5 Å². The second-order valence-corrected chi connectivity index (χ2v) is 8.73. The number of piperidine rings is 1. The maximum atomic E-state index is 12.6. The zero-order chi connectivity index (χ0) is 23.0. The van der Waals surface area contributed by atoms with E-state index in [0.29, 0.717) is 50.6 Å². The summed E-state index contributed by atoms with van der Waals surface area (Å²) in [7, 11) is 1.63. The molecule has 2 amide bonds. The topological polar surface area (TPSA) is 92.0 Å². The summed E-state index contributed by atoms with van der Waals surface area (Å²) in [6, 6.07) is 7.62. The van der Waals surface area contributed by atoms with E-state index in [0.717, 1.165) is 50.3 Å². The molecular formula is C24H34ClN5O4. The van der Waals surface area contributed by atoms with Crippen LogP contribution in [0.4, 0.5) is 0 Å². The van der Waals surface area contributed by atoms with E-state index in [1.54, 1.807) is 7.11 Å². The number of ether oxygens (including phenoxy) is 1. The van der Waals surface area contributed by atoms with Crippen molar-refractivity contribution in [2.45, 2.75) is 45.1 Å². The Balaban J connectivity index is 0.00000324. The number of benzene rings is 1. The third kappa shape index (κ3) is 7.17. The number of methoxy groups -OCH3 is 1. The minimum Gasteiger partial charge on any atom is -0.497 e. The maximum absolute atomic E-state index is 12.6. The first kappa shape index (κ1) is 26.0. The van der Waals surface area contributed by atoms with E-state index in [1.807, 2.05) is 34.1 Å². The van der Waals surface area contributed by atoms with E-state index in [-0.39, 0.29) is 24.2 Å². The molecule has 0 aliphatic carbocycles. The molecule has 9 nitrogen and oxygen atoms in total. The number of aromatic nitrogens is 2. The lowest BCUT2D eigenvalue weighted by molar-refractivity contribution is -0.133. The molecule has 10 heteroatoms. The van der Waals surface area contributed by atoms with Crippen LogP contribution in [-0.2, 0) is 29.0 Å². The highest BCUT2D eigenvalue weighted by atomic mass is 35.5. The molecule has 0 spiro atoms. The molecule has 2 aliphatic heterocycles. The van der Waals surface area contributed by atoms with E-state index in [1.165, 1.54) is 6.42 Å². The van der Waals surface area contributed by atoms with Crippen molar-refractivity contribution in [3.63, 3.8) is 0 Å². The number of piperazine rings is 1. The first-order valence-electron chi connectivity index (χ1n) is 11.8. The smallest absolute Gasteiger partial charge is 0.227 e. The molecule has 0 bridgehead atoms. The summed E-state index contributed by atoms with van der Waals surface area (Å²) in [5.41, 5.74) is 0.987. The maximum Gasteiger partial charge on any atom is 0.227 e. The molecule has 34 heavy (non-hydrogen) atoms. The SMILES string of the molecule is COc1ccc(CC(=O)N2CCN(Cc3noc(CCC(=O)N4CCCCC4)n3)CC2)cc1.Cl. The third-order valence-electron chi connectivity index (χ3n) is 6.38. The fraction of sp³-hybridized carbons (Fsp3) is 0.583. The molecule has 1 aromatic carbocycles. The molecule has 0 saturated carbocycles. The van der Waals surface area contributed by atoms with Crippen LogP contribution < -0.4 is 4.74 Å². The minimum absolute atomic E-state index is 0. The number of hydrogen-bond acceptors (Lipinski definition) is 7. The molecule has 3 heterocycles. The molecule has 2 aromatic rings. The van der Waals surface area contributed by atoms with Gasteiger partial charge in [0.1, 0.15) is 5.75 Å². The van der Waals surface area contributed by atoms with Gasteiger partial charge in [-0.1, -0.05) is 17.3 Å². The molecule has 2 aliphatic rings. The summed E-state index contributed by atoms with van der Waals surface area (Å²) in [5.74, 6) is 2.25. The summed E-state index contributed by atoms with van der Waals surface area (Å²) in [5, 5.41) is 4.08. The van der Waals surface area contributed by atoms with Gasteiger partial charge in [-0.05, 0) is 37.0 Å². The molecule has 186 valence electrons. The Morgan fingerprint density at radius 3 is 2.29 bits per heavy atom. The van der Waals surface area contributed by atoms with Gasteiger partial charge in [-0.25, -0.2) is 0 Å². The predicted molar refractivity (Wildman–Crippen MR) is 129 cm³/mol. The van der Waals surface area contributed by atoms with Crippen LogP contribution in [0.25, 0.3) is 0 Å². The fourth-order valence-electron chi connectivity index (χ4n) is 4.36. The lowest BCUT2D eigenvalue weighted by Crippen LogP contribution is -2.48. The van der Waals surface area contributed by atoms with Gasteiger partial charge in [-0.2, -0.15) is 4.98 Å². The Hall–Kier alpha value is -2.65. The summed E-state index contributed by atoms with van der Waals surface area (Å²) >= 11 is 0. The van der Waals surface area contributed by atoms with Crippen molar-refractivity contribution in [3.8, 4) is 5.75 Å². The van der Waals surface area contributed by atoms with Crippen molar-refractivity contribution in [2.75, 3.05) is 46.4 Å². The van der Waals surface area contributed by atoms with Crippen LogP contribution >= 0.6 is 12.4 Å². The first-order valence-corrected chi connectivity index (χ1v) is 11.8. The van der Waals surface area contributed by atoms with Gasteiger partial charge in [0, 0.05) is 52.1 Å². The molecule has 0 N–H and O–H groups in total. The van der Waals surface area contributed by atoms with Gasteiger partial charge in [0.25, 0.3) is 0 Å². The highest BCUT2D eigenvalue weighted by Crippen LogP contribution is 2.15. The Morgan fingerprint density at radius 1 is 0.941 bits per heavy atom. The van der Waals surface area contributed by atoms with E-state index >= 15 is 0 Å². The van der Waals surface area contributed by atoms with Gasteiger partial charge in [0.15, 0.2) is 5.82 Å². The number of amides is 2. The average molecular weight is 492 g/mol. The van der Waals surface area contributed by atoms with Gasteiger partial charge in [0.2, 0.25) is 17.7 Å². The van der Waals surface area contributed by atoms with Crippen molar-refractivity contribution in [1.82, 2.24) is 24.8 Å². The van der Waals surface area contributed by atoms with Gasteiger partial charge in [-0.15, -0.1) is 12.4 Å². The fourth-order valence-corrected chi connectivity index (χ4v) is 4.36. The number of carbonyl (C=O) groups is 2. The highest BCUT2D eigenvalue weighted by molar-refractivity contribution is 5.85. The van der Waals surface area contributed by atoms with Crippen molar-refractivity contribution in [3.05, 3.63) is 41.5 Å². The van der Waals surface area contributed by atoms with Crippen LogP contribution in [0, 0.1) is 0 Å². The third-order valence-corrected chi connectivity index (χ3v) is 6.38. The molecule has 2 saturated heterocycles. The second kappa shape index (κ2) is 12.7. The van der Waals surface area contributed by atoms with E-state index in [9.17, 15) is 9.59 Å². The van der Waals surface area contributed by atoms with Gasteiger partial charge >= 0.3 is 0 Å². The Morgan fingerprint density at radius 2 is 1.62 bits per heavy atom. The highest BCUT2D eigenvalue weighted by Gasteiger charge is 2.23. The zero-order valence-corrected chi connectivity index (χ0v) is 20.6. The summed E-state index contributed by atoms with van der Waals surface area (Å²) < 4.78 is 10.5. The number of halogens is 1. The van der Waals surface area contributed by atoms with Crippen LogP contribution in [0.2, 0.25) is 0 Å². The van der Waals surface area contributed by atoms with E-state index in [4.69, 9.17) is 9.26 Å². The van der Waals surface area contributed by atoms with Crippen LogP contribution in [0.5, 0.6) is 5.75 Å². The minimum atomic E-state index is 0. The second-order valence-electron chi connectivity index (χ2n) is 8.73. The standard InChI is InChI=1S/C24H33N5O4.ClH/c1-32-20-7-5-19(6-8-20)17-24(31)29-15-13-27(14-16-29)18-21-25-22(33-26-21)9-10-23(30)28-11-3-2-4-12-28;/h5-8H,2-4,9-18H2,1H3;1H. The van der Waals surface area contributed by atoms with E-state index in [2.05, 4.69) is 15.0 Å². The predicted octanol–water partition coefficient (Wildman–Crippen LogP) is 2.33. The largest absolute Gasteiger partial charge is 0.497 e. The number of likely N-dealkylation sites (tertiary alicyclic amines) is 1. The van der Waals surface area contributed by atoms with Gasteiger partial charge in [0.05, 0.1) is 20.1 Å². The van der Waals surface area contributed by atoms with Crippen molar-refractivity contribution >= 4 is 24.2 Å². The Bertz CT molecular complexity index is 922. The number of carbonyl (C=O) groups excluding carboxylic acids is 2. The number of rotatable bonds is 8. The number of aryl methyl sites for hydroxylation is 1. The summed E-state index contributed by atoms with van der Waals surface area (Å²) in [4.78, 5) is 35.5. The molecule has 0 radical (unpaired) electrons. The van der Waals surface area contributed by atoms with Crippen LogP contribution in [0.1, 0.15) is 43.0 Å². The summed E-state index contributed by atoms with van der Waals surface area (Å²) in [6.45, 7) is 5.22. The lowest BCUT2D eigenvalue weighted by Gasteiger charge is -2.34. The van der Waals surface area contributed by atoms with Crippen molar-refractivity contribution < 1.29 is 18.8 Å². The summed E-state index contributed by atoms with van der Waals surface area (Å²) in [6.07, 6.45) is 4.69. The molecule has 4 rings (SSSR count). The van der Waals surface area contributed by atoms with Crippen molar-refractivity contribution in [2.24, 2.45) is 0 Å². The van der Waals surface area contributed by atoms with Crippen LogP contribution in [-0.4, -0.2) is 83.0 Å². The van der Waals surface area contributed by atoms with Gasteiger partial charge < -0.3 is 19.1 Å². The molecule has 0 unspecified atom stereocenters. The number of nitrogens with zero attached hydrogens (tertiary/aromatic N) is 5. The zero-order valence-electron chi connectivity index (χ0n) is 19.8. The average Bonchev–Trinajstić information content (AvgIpc) is 3.31. The Labute approximate surface area is 206 Å². The number of hydrogen-bond donors (Lipinski definition) is 0. The quantitative estimate of drug-likeness (QED) is 0.559. The van der Waals surface area contributed by atoms with E-state index < -0.39 is 0 Å². The molecule has 0 atom stereocenters.